The molecule has 8 heteroatoms. The maximum absolute atomic E-state index is 14.1. The van der Waals surface area contributed by atoms with Crippen molar-refractivity contribution in [3.63, 3.8) is 0 Å². The summed E-state index contributed by atoms with van der Waals surface area (Å²) in [7, 11) is -3.56. The number of anilines is 1. The van der Waals surface area contributed by atoms with Gasteiger partial charge in [-0.2, -0.15) is 0 Å². The van der Waals surface area contributed by atoms with E-state index in [9.17, 15) is 18.0 Å². The molecule has 1 atom stereocenters. The van der Waals surface area contributed by atoms with Gasteiger partial charge < -0.3 is 10.2 Å². The van der Waals surface area contributed by atoms with Gasteiger partial charge in [0.2, 0.25) is 21.8 Å². The van der Waals surface area contributed by atoms with Gasteiger partial charge in [0.05, 0.1) is 11.9 Å². The molecule has 236 valence electrons. The second-order valence-electron chi connectivity index (χ2n) is 12.2. The molecule has 1 saturated carbocycles. The number of carbonyl (C=O) groups is 2. The SMILES string of the molecule is Cc1ccc(N(CCCC(=O)N(Cc2ccccc2C)C(Cc2ccccc2)C(=O)NC2CCCCC2)S(C)(=O)=O)cc1C. The molecule has 0 aliphatic heterocycles. The second-order valence-corrected chi connectivity index (χ2v) is 14.1. The minimum atomic E-state index is -3.56. The molecule has 1 aliphatic carbocycles. The Morgan fingerprint density at radius 2 is 1.55 bits per heavy atom. The first-order valence-corrected chi connectivity index (χ1v) is 17.6. The molecule has 3 aromatic rings. The van der Waals surface area contributed by atoms with Crippen molar-refractivity contribution in [3.05, 3.63) is 101 Å². The number of nitrogens with one attached hydrogen (secondary N) is 1. The Labute approximate surface area is 263 Å². The molecule has 0 heterocycles. The summed E-state index contributed by atoms with van der Waals surface area (Å²) in [5.74, 6) is -0.294. The Hall–Kier alpha value is -3.65. The minimum Gasteiger partial charge on any atom is -0.352 e. The largest absolute Gasteiger partial charge is 0.352 e. The topological polar surface area (TPSA) is 86.8 Å². The molecule has 0 spiro atoms. The summed E-state index contributed by atoms with van der Waals surface area (Å²) in [5.41, 5.74) is 5.70. The van der Waals surface area contributed by atoms with Crippen molar-refractivity contribution in [3.8, 4) is 0 Å². The zero-order valence-electron chi connectivity index (χ0n) is 26.6. The van der Waals surface area contributed by atoms with Gasteiger partial charge in [-0.1, -0.05) is 79.9 Å². The van der Waals surface area contributed by atoms with Crippen molar-refractivity contribution in [2.45, 2.75) is 90.8 Å². The molecular formula is C36H47N3O4S. The Morgan fingerprint density at radius 3 is 2.20 bits per heavy atom. The lowest BCUT2D eigenvalue weighted by atomic mass is 9.94. The lowest BCUT2D eigenvalue weighted by Gasteiger charge is -2.34. The number of sulfonamides is 1. The summed E-state index contributed by atoms with van der Waals surface area (Å²) in [6, 6.07) is 22.8. The maximum atomic E-state index is 14.1. The minimum absolute atomic E-state index is 0.116. The zero-order chi connectivity index (χ0) is 31.7. The predicted octanol–water partition coefficient (Wildman–Crippen LogP) is 6.25. The third kappa shape index (κ3) is 9.18. The molecule has 2 amide bonds. The van der Waals surface area contributed by atoms with E-state index in [4.69, 9.17) is 0 Å². The normalized spacial score (nSPS) is 14.5. The Morgan fingerprint density at radius 1 is 0.864 bits per heavy atom. The van der Waals surface area contributed by atoms with Crippen LogP contribution in [0.2, 0.25) is 0 Å². The molecule has 1 unspecified atom stereocenters. The summed E-state index contributed by atoms with van der Waals surface area (Å²) in [4.78, 5) is 29.9. The molecule has 0 radical (unpaired) electrons. The lowest BCUT2D eigenvalue weighted by Crippen LogP contribution is -2.53. The van der Waals surface area contributed by atoms with Crippen molar-refractivity contribution >= 4 is 27.5 Å². The van der Waals surface area contributed by atoms with Crippen LogP contribution in [0.15, 0.2) is 72.8 Å². The number of rotatable bonds is 13. The van der Waals surface area contributed by atoms with Crippen molar-refractivity contribution in [1.29, 1.82) is 0 Å². The molecule has 0 aromatic heterocycles. The number of aryl methyl sites for hydroxylation is 3. The quantitative estimate of drug-likeness (QED) is 0.246. The number of nitrogens with zero attached hydrogens (tertiary/aromatic N) is 2. The Kier molecular flexibility index (Phi) is 11.6. The molecule has 0 saturated heterocycles. The van der Waals surface area contributed by atoms with Crippen LogP contribution in [0.5, 0.6) is 0 Å². The summed E-state index contributed by atoms with van der Waals surface area (Å²) < 4.78 is 26.9. The van der Waals surface area contributed by atoms with Crippen LogP contribution in [0.4, 0.5) is 5.69 Å². The van der Waals surface area contributed by atoms with Crippen molar-refractivity contribution in [2.24, 2.45) is 0 Å². The average molecular weight is 618 g/mol. The van der Waals surface area contributed by atoms with E-state index in [1.165, 1.54) is 17.0 Å². The van der Waals surface area contributed by atoms with Gasteiger partial charge in [-0.05, 0) is 80.0 Å². The fourth-order valence-electron chi connectivity index (χ4n) is 5.95. The Bertz CT molecular complexity index is 1520. The number of hydrogen-bond donors (Lipinski definition) is 1. The Balaban J connectivity index is 1.60. The highest BCUT2D eigenvalue weighted by molar-refractivity contribution is 7.92. The van der Waals surface area contributed by atoms with E-state index in [-0.39, 0.29) is 30.8 Å². The van der Waals surface area contributed by atoms with Gasteiger partial charge in [-0.3, -0.25) is 13.9 Å². The summed E-state index contributed by atoms with van der Waals surface area (Å²) >= 11 is 0. The molecule has 1 fully saturated rings. The highest BCUT2D eigenvalue weighted by Gasteiger charge is 2.32. The van der Waals surface area contributed by atoms with Crippen molar-refractivity contribution in [2.75, 3.05) is 17.1 Å². The first-order chi connectivity index (χ1) is 21.0. The molecule has 1 N–H and O–H groups in total. The van der Waals surface area contributed by atoms with E-state index >= 15 is 0 Å². The van der Waals surface area contributed by atoms with Gasteiger partial charge in [-0.15, -0.1) is 0 Å². The van der Waals surface area contributed by atoms with E-state index < -0.39 is 16.1 Å². The maximum Gasteiger partial charge on any atom is 0.243 e. The second kappa shape index (κ2) is 15.4. The number of carbonyl (C=O) groups excluding carboxylic acids is 2. The third-order valence-electron chi connectivity index (χ3n) is 8.76. The first kappa shape index (κ1) is 33.2. The standard InChI is InChI=1S/C36H47N3O4S/c1-27-21-22-33(24-29(27)3)39(44(4,42)43)23-13-20-35(40)38(26-31-17-12-11-14-28(31)2)34(25-30-15-7-5-8-16-30)36(41)37-32-18-9-6-10-19-32/h5,7-8,11-12,14-17,21-22,24,32,34H,6,9-10,13,18-20,23,25-26H2,1-4H3,(H,37,41). The zero-order valence-corrected chi connectivity index (χ0v) is 27.4. The highest BCUT2D eigenvalue weighted by atomic mass is 32.2. The van der Waals surface area contributed by atoms with Crippen LogP contribution < -0.4 is 9.62 Å². The molecule has 4 rings (SSSR count). The fraction of sp³-hybridized carbons (Fsp3) is 0.444. The van der Waals surface area contributed by atoms with Crippen LogP contribution >= 0.6 is 0 Å². The molecule has 44 heavy (non-hydrogen) atoms. The van der Waals surface area contributed by atoms with Gasteiger partial charge in [-0.25, -0.2) is 8.42 Å². The number of benzene rings is 3. The summed E-state index contributed by atoms with van der Waals surface area (Å²) in [6.45, 7) is 6.43. The molecule has 3 aromatic carbocycles. The summed E-state index contributed by atoms with van der Waals surface area (Å²) in [6.07, 6.45) is 7.31. The van der Waals surface area contributed by atoms with E-state index in [2.05, 4.69) is 5.32 Å². The van der Waals surface area contributed by atoms with Crippen LogP contribution in [-0.2, 0) is 32.6 Å². The van der Waals surface area contributed by atoms with E-state index in [1.54, 1.807) is 11.0 Å². The van der Waals surface area contributed by atoms with E-state index in [0.717, 1.165) is 53.5 Å². The molecule has 1 aliphatic rings. The van der Waals surface area contributed by atoms with Gasteiger partial charge in [0, 0.05) is 32.0 Å². The molecule has 7 nitrogen and oxygen atoms in total. The van der Waals surface area contributed by atoms with E-state index in [0.29, 0.717) is 25.1 Å². The third-order valence-corrected chi connectivity index (χ3v) is 9.95. The predicted molar refractivity (Wildman–Crippen MR) is 178 cm³/mol. The highest BCUT2D eigenvalue weighted by Crippen LogP contribution is 2.24. The van der Waals surface area contributed by atoms with Crippen LogP contribution in [-0.4, -0.2) is 50.0 Å². The van der Waals surface area contributed by atoms with Crippen LogP contribution in [0.1, 0.15) is 72.8 Å². The van der Waals surface area contributed by atoms with Gasteiger partial charge >= 0.3 is 0 Å². The van der Waals surface area contributed by atoms with Crippen LogP contribution in [0.3, 0.4) is 0 Å². The molecular weight excluding hydrogens is 570 g/mol. The monoisotopic (exact) mass is 617 g/mol. The molecule has 0 bridgehead atoms. The fourth-order valence-corrected chi connectivity index (χ4v) is 6.91. The number of amides is 2. The van der Waals surface area contributed by atoms with Crippen molar-refractivity contribution < 1.29 is 18.0 Å². The van der Waals surface area contributed by atoms with Gasteiger partial charge in [0.25, 0.3) is 0 Å². The summed E-state index contributed by atoms with van der Waals surface area (Å²) in [5, 5.41) is 3.28. The number of hydrogen-bond acceptors (Lipinski definition) is 4. The lowest BCUT2D eigenvalue weighted by molar-refractivity contribution is -0.141. The smallest absolute Gasteiger partial charge is 0.243 e. The average Bonchev–Trinajstić information content (AvgIpc) is 3.00. The van der Waals surface area contributed by atoms with Crippen molar-refractivity contribution in [1.82, 2.24) is 10.2 Å². The van der Waals surface area contributed by atoms with Crippen LogP contribution in [0, 0.1) is 20.8 Å². The van der Waals surface area contributed by atoms with Gasteiger partial charge in [0.1, 0.15) is 6.04 Å². The first-order valence-electron chi connectivity index (χ1n) is 15.8. The van der Waals surface area contributed by atoms with Gasteiger partial charge in [0.15, 0.2) is 0 Å². The van der Waals surface area contributed by atoms with Crippen LogP contribution in [0.25, 0.3) is 0 Å². The van der Waals surface area contributed by atoms with E-state index in [1.807, 2.05) is 87.5 Å².